The van der Waals surface area contributed by atoms with Gasteiger partial charge in [-0.25, -0.2) is 8.42 Å². The summed E-state index contributed by atoms with van der Waals surface area (Å²) >= 11 is 12.3. The molecular formula is C22H28Cl2N2O4S. The molecule has 0 aliphatic rings. The van der Waals surface area contributed by atoms with E-state index in [4.69, 9.17) is 27.9 Å². The molecule has 0 fully saturated rings. The van der Waals surface area contributed by atoms with Gasteiger partial charge in [-0.3, -0.25) is 9.10 Å². The van der Waals surface area contributed by atoms with Gasteiger partial charge in [-0.2, -0.15) is 0 Å². The molecule has 0 bridgehead atoms. The molecule has 0 saturated carbocycles. The molecule has 0 heterocycles. The Kier molecular flexibility index (Phi) is 9.03. The number of hydrogen-bond donors (Lipinski definition) is 1. The average molecular weight is 487 g/mol. The summed E-state index contributed by atoms with van der Waals surface area (Å²) < 4.78 is 31.9. The lowest BCUT2D eigenvalue weighted by atomic mass is 10.0. The van der Waals surface area contributed by atoms with E-state index in [0.717, 1.165) is 21.9 Å². The van der Waals surface area contributed by atoms with E-state index in [-0.39, 0.29) is 30.3 Å². The Hall–Kier alpha value is -1.96. The number of halogens is 2. The van der Waals surface area contributed by atoms with Gasteiger partial charge in [0, 0.05) is 5.02 Å². The number of nitrogens with zero attached hydrogens (tertiary/aromatic N) is 1. The number of sulfonamides is 1. The quantitative estimate of drug-likeness (QED) is 0.486. The monoisotopic (exact) mass is 486 g/mol. The number of hydrogen-bond acceptors (Lipinski definition) is 4. The van der Waals surface area contributed by atoms with E-state index in [1.165, 1.54) is 12.1 Å². The molecule has 1 amide bonds. The Labute approximate surface area is 194 Å². The highest BCUT2D eigenvalue weighted by Gasteiger charge is 2.32. The van der Waals surface area contributed by atoms with E-state index in [0.29, 0.717) is 10.9 Å². The normalized spacial score (nSPS) is 12.5. The summed E-state index contributed by atoms with van der Waals surface area (Å²) in [6, 6.07) is 11.3. The highest BCUT2D eigenvalue weighted by molar-refractivity contribution is 7.92. The van der Waals surface area contributed by atoms with Gasteiger partial charge in [0.15, 0.2) is 0 Å². The minimum atomic E-state index is -3.80. The second kappa shape index (κ2) is 11.1. The van der Waals surface area contributed by atoms with Crippen molar-refractivity contribution in [3.63, 3.8) is 0 Å². The van der Waals surface area contributed by atoms with Gasteiger partial charge >= 0.3 is 0 Å². The molecule has 0 aliphatic carbocycles. The average Bonchev–Trinajstić information content (AvgIpc) is 2.70. The lowest BCUT2D eigenvalue weighted by molar-refractivity contribution is -0.122. The summed E-state index contributed by atoms with van der Waals surface area (Å²) in [4.78, 5) is 12.9. The van der Waals surface area contributed by atoms with E-state index in [2.05, 4.69) is 19.2 Å². The van der Waals surface area contributed by atoms with Gasteiger partial charge < -0.3 is 10.1 Å². The van der Waals surface area contributed by atoms with E-state index in [9.17, 15) is 13.2 Å². The number of carbonyl (C=O) groups is 1. The van der Waals surface area contributed by atoms with Crippen molar-refractivity contribution in [3.05, 3.63) is 58.1 Å². The fourth-order valence-corrected chi connectivity index (χ4v) is 4.87. The lowest BCUT2D eigenvalue weighted by Crippen LogP contribution is -2.50. The van der Waals surface area contributed by atoms with Crippen LogP contribution in [-0.2, 0) is 14.8 Å². The summed E-state index contributed by atoms with van der Waals surface area (Å²) in [5.41, 5.74) is 1.25. The molecule has 1 unspecified atom stereocenters. The number of rotatable bonds is 10. The Morgan fingerprint density at radius 2 is 1.84 bits per heavy atom. The summed E-state index contributed by atoms with van der Waals surface area (Å²) in [5, 5.41) is 3.27. The maximum atomic E-state index is 12.9. The maximum Gasteiger partial charge on any atom is 0.244 e. The van der Waals surface area contributed by atoms with Crippen LogP contribution in [0.1, 0.15) is 38.7 Å². The number of amides is 1. The zero-order valence-corrected chi connectivity index (χ0v) is 20.4. The molecule has 0 aromatic heterocycles. The van der Waals surface area contributed by atoms with Crippen LogP contribution in [0.3, 0.4) is 0 Å². The molecule has 0 aliphatic heterocycles. The van der Waals surface area contributed by atoms with Gasteiger partial charge in [-0.05, 0) is 42.2 Å². The van der Waals surface area contributed by atoms with Gasteiger partial charge in [0.1, 0.15) is 18.4 Å². The topological polar surface area (TPSA) is 75.7 Å². The van der Waals surface area contributed by atoms with Crippen LogP contribution in [-0.4, -0.2) is 39.8 Å². The smallest absolute Gasteiger partial charge is 0.244 e. The predicted molar refractivity (Wildman–Crippen MR) is 127 cm³/mol. The van der Waals surface area contributed by atoms with Crippen LogP contribution in [0.5, 0.6) is 5.75 Å². The first-order valence-corrected chi connectivity index (χ1v) is 12.6. The Morgan fingerprint density at radius 3 is 2.45 bits per heavy atom. The minimum Gasteiger partial charge on any atom is -0.491 e. The van der Waals surface area contributed by atoms with Crippen molar-refractivity contribution < 1.29 is 17.9 Å². The molecule has 170 valence electrons. The van der Waals surface area contributed by atoms with Crippen molar-refractivity contribution >= 4 is 44.8 Å². The van der Waals surface area contributed by atoms with Crippen molar-refractivity contribution in [2.45, 2.75) is 39.2 Å². The third kappa shape index (κ3) is 6.76. The SMILES string of the molecule is CCC(C(=O)NCCOc1ccccc1C(C)C)N(c1cc(Cl)ccc1Cl)S(C)(=O)=O. The van der Waals surface area contributed by atoms with Crippen molar-refractivity contribution in [3.8, 4) is 5.75 Å². The number of nitrogens with one attached hydrogen (secondary N) is 1. The third-order valence-corrected chi connectivity index (χ3v) is 6.40. The van der Waals surface area contributed by atoms with E-state index >= 15 is 0 Å². The van der Waals surface area contributed by atoms with Gasteiger partial charge in [-0.15, -0.1) is 0 Å². The van der Waals surface area contributed by atoms with Gasteiger partial charge in [-0.1, -0.05) is 62.2 Å². The molecule has 31 heavy (non-hydrogen) atoms. The number of anilines is 1. The molecule has 2 aromatic rings. The van der Waals surface area contributed by atoms with Gasteiger partial charge in [0.2, 0.25) is 15.9 Å². The third-order valence-electron chi connectivity index (χ3n) is 4.68. The molecule has 9 heteroatoms. The van der Waals surface area contributed by atoms with Crippen molar-refractivity contribution in [2.24, 2.45) is 0 Å². The van der Waals surface area contributed by atoms with Crippen molar-refractivity contribution in [1.29, 1.82) is 0 Å². The molecule has 2 rings (SSSR count). The molecular weight excluding hydrogens is 459 g/mol. The zero-order valence-electron chi connectivity index (χ0n) is 18.1. The van der Waals surface area contributed by atoms with Crippen molar-refractivity contribution in [1.82, 2.24) is 5.32 Å². The number of para-hydroxylation sites is 1. The summed E-state index contributed by atoms with van der Waals surface area (Å²) in [6.45, 7) is 6.37. The highest BCUT2D eigenvalue weighted by Crippen LogP contribution is 2.33. The first kappa shape index (κ1) is 25.3. The van der Waals surface area contributed by atoms with E-state index < -0.39 is 22.0 Å². The highest BCUT2D eigenvalue weighted by atomic mass is 35.5. The van der Waals surface area contributed by atoms with Crippen LogP contribution in [0.15, 0.2) is 42.5 Å². The van der Waals surface area contributed by atoms with Crippen LogP contribution < -0.4 is 14.4 Å². The largest absolute Gasteiger partial charge is 0.491 e. The second-order valence-corrected chi connectivity index (χ2v) is 10.1. The Morgan fingerprint density at radius 1 is 1.16 bits per heavy atom. The second-order valence-electron chi connectivity index (χ2n) is 7.41. The number of carbonyl (C=O) groups excluding carboxylic acids is 1. The summed E-state index contributed by atoms with van der Waals surface area (Å²) in [6.07, 6.45) is 1.28. The standard InChI is InChI=1S/C22H28Cl2N2O4S/c1-5-19(26(31(4,28)29)20-14-16(23)10-11-18(20)24)22(27)25-12-13-30-21-9-7-6-8-17(21)15(2)3/h6-11,14-15,19H,5,12-13H2,1-4H3,(H,25,27). The zero-order chi connectivity index (χ0) is 23.2. The van der Waals surface area contributed by atoms with Crippen molar-refractivity contribution in [2.75, 3.05) is 23.7 Å². The Bertz CT molecular complexity index is 1010. The van der Waals surface area contributed by atoms with Crippen LogP contribution in [0.25, 0.3) is 0 Å². The maximum absolute atomic E-state index is 12.9. The van der Waals surface area contributed by atoms with Gasteiger partial charge in [0.05, 0.1) is 23.5 Å². The van der Waals surface area contributed by atoms with Crippen LogP contribution in [0, 0.1) is 0 Å². The fraction of sp³-hybridized carbons (Fsp3) is 0.409. The predicted octanol–water partition coefficient (Wildman–Crippen LogP) is 4.86. The first-order chi connectivity index (χ1) is 14.6. The molecule has 0 spiro atoms. The summed E-state index contributed by atoms with van der Waals surface area (Å²) in [7, 11) is -3.80. The molecule has 1 N–H and O–H groups in total. The lowest BCUT2D eigenvalue weighted by Gasteiger charge is -2.30. The fourth-order valence-electron chi connectivity index (χ4n) is 3.23. The molecule has 0 saturated heterocycles. The summed E-state index contributed by atoms with van der Waals surface area (Å²) in [5.74, 6) is 0.632. The molecule has 0 radical (unpaired) electrons. The number of ether oxygens (including phenoxy) is 1. The Balaban J connectivity index is 2.12. The van der Waals surface area contributed by atoms with Crippen LogP contribution in [0.2, 0.25) is 10.0 Å². The molecule has 2 aromatic carbocycles. The van der Waals surface area contributed by atoms with E-state index in [1.807, 2.05) is 24.3 Å². The number of benzene rings is 2. The van der Waals surface area contributed by atoms with Gasteiger partial charge in [0.25, 0.3) is 0 Å². The van der Waals surface area contributed by atoms with Crippen LogP contribution >= 0.6 is 23.2 Å². The molecule has 6 nitrogen and oxygen atoms in total. The minimum absolute atomic E-state index is 0.167. The van der Waals surface area contributed by atoms with Crippen LogP contribution in [0.4, 0.5) is 5.69 Å². The first-order valence-electron chi connectivity index (χ1n) is 10.00. The molecule has 1 atom stereocenters. The van der Waals surface area contributed by atoms with E-state index in [1.54, 1.807) is 13.0 Å².